The Bertz CT molecular complexity index is 1140. The fraction of sp³-hybridized carbons (Fsp3) is 0.346. The molecule has 33 heavy (non-hydrogen) atoms. The molecule has 0 radical (unpaired) electrons. The number of ether oxygens (including phenoxy) is 1. The SMILES string of the molecule is CN(C(=O)c1cn[nH]c1[C@@H]1CCCN(C(=O)[C@@H]2OCCc3ccccc32)C1)c1ccccc1. The summed E-state index contributed by atoms with van der Waals surface area (Å²) in [7, 11) is 1.77. The van der Waals surface area contributed by atoms with E-state index in [1.807, 2.05) is 53.4 Å². The van der Waals surface area contributed by atoms with Crippen LogP contribution in [-0.4, -0.2) is 53.7 Å². The number of likely N-dealkylation sites (tertiary alicyclic amines) is 1. The van der Waals surface area contributed by atoms with Crippen molar-refractivity contribution in [3.8, 4) is 0 Å². The molecule has 3 heterocycles. The van der Waals surface area contributed by atoms with Gasteiger partial charge in [-0.15, -0.1) is 0 Å². The molecule has 0 saturated carbocycles. The van der Waals surface area contributed by atoms with E-state index in [0.29, 0.717) is 25.3 Å². The van der Waals surface area contributed by atoms with E-state index in [9.17, 15) is 9.59 Å². The van der Waals surface area contributed by atoms with Gasteiger partial charge in [-0.3, -0.25) is 14.7 Å². The highest BCUT2D eigenvalue weighted by Gasteiger charge is 2.35. The molecule has 2 atom stereocenters. The van der Waals surface area contributed by atoms with E-state index >= 15 is 0 Å². The van der Waals surface area contributed by atoms with Crippen LogP contribution in [0.4, 0.5) is 5.69 Å². The highest BCUT2D eigenvalue weighted by atomic mass is 16.5. The lowest BCUT2D eigenvalue weighted by Gasteiger charge is -2.36. The van der Waals surface area contributed by atoms with Crippen molar-refractivity contribution in [3.63, 3.8) is 0 Å². The van der Waals surface area contributed by atoms with Crippen LogP contribution in [0.2, 0.25) is 0 Å². The number of carbonyl (C=O) groups excluding carboxylic acids is 2. The fourth-order valence-corrected chi connectivity index (χ4v) is 4.90. The van der Waals surface area contributed by atoms with Crippen molar-refractivity contribution in [1.82, 2.24) is 15.1 Å². The number of amides is 2. The molecule has 2 aliphatic rings. The van der Waals surface area contributed by atoms with Gasteiger partial charge in [-0.05, 0) is 42.5 Å². The third-order valence-electron chi connectivity index (χ3n) is 6.71. The number of piperidine rings is 1. The molecule has 170 valence electrons. The number of aromatic amines is 1. The second-order valence-electron chi connectivity index (χ2n) is 8.72. The molecule has 5 rings (SSSR count). The van der Waals surface area contributed by atoms with Crippen molar-refractivity contribution >= 4 is 17.5 Å². The van der Waals surface area contributed by atoms with Crippen LogP contribution in [0.25, 0.3) is 0 Å². The second-order valence-corrected chi connectivity index (χ2v) is 8.72. The van der Waals surface area contributed by atoms with E-state index in [0.717, 1.165) is 36.2 Å². The predicted molar refractivity (Wildman–Crippen MR) is 125 cm³/mol. The molecule has 1 aromatic heterocycles. The van der Waals surface area contributed by atoms with Crippen LogP contribution in [0.5, 0.6) is 0 Å². The number of H-pyrrole nitrogens is 1. The fourth-order valence-electron chi connectivity index (χ4n) is 4.90. The molecule has 1 N–H and O–H groups in total. The lowest BCUT2D eigenvalue weighted by molar-refractivity contribution is -0.146. The maximum Gasteiger partial charge on any atom is 0.261 e. The van der Waals surface area contributed by atoms with Crippen LogP contribution in [0, 0.1) is 0 Å². The molecule has 1 saturated heterocycles. The summed E-state index contributed by atoms with van der Waals surface area (Å²) in [5.74, 6) is -0.0919. The van der Waals surface area contributed by atoms with Gasteiger partial charge in [-0.25, -0.2) is 0 Å². The Labute approximate surface area is 193 Å². The zero-order valence-electron chi connectivity index (χ0n) is 18.7. The summed E-state index contributed by atoms with van der Waals surface area (Å²) in [6.45, 7) is 1.78. The molecule has 3 aromatic rings. The van der Waals surface area contributed by atoms with Gasteiger partial charge in [0.1, 0.15) is 0 Å². The molecule has 1 fully saturated rings. The number of anilines is 1. The van der Waals surface area contributed by atoms with Gasteiger partial charge in [-0.2, -0.15) is 5.10 Å². The van der Waals surface area contributed by atoms with Crippen molar-refractivity contribution in [2.75, 3.05) is 31.6 Å². The molecule has 7 heteroatoms. The Hall–Kier alpha value is -3.45. The Kier molecular flexibility index (Phi) is 5.96. The van der Waals surface area contributed by atoms with Gasteiger partial charge < -0.3 is 14.5 Å². The molecule has 7 nitrogen and oxygen atoms in total. The molecule has 2 amide bonds. The standard InChI is InChI=1S/C26H28N4O3/c1-29(20-10-3-2-4-11-20)25(31)22-16-27-28-23(22)19-9-7-14-30(17-19)26(32)24-21-12-6-5-8-18(21)13-15-33-24/h2-6,8,10-12,16,19,24H,7,9,13-15,17H2,1H3,(H,27,28)/t19-,24-/m1/s1. The zero-order valence-corrected chi connectivity index (χ0v) is 18.7. The third kappa shape index (κ3) is 4.16. The van der Waals surface area contributed by atoms with Gasteiger partial charge in [0, 0.05) is 31.7 Å². The maximum absolute atomic E-state index is 13.4. The summed E-state index contributed by atoms with van der Waals surface area (Å²) in [6.07, 6.45) is 3.63. The first-order valence-electron chi connectivity index (χ1n) is 11.5. The number of nitrogens with zero attached hydrogens (tertiary/aromatic N) is 3. The first-order valence-corrected chi connectivity index (χ1v) is 11.5. The normalized spacial score (nSPS) is 20.2. The van der Waals surface area contributed by atoms with Crippen molar-refractivity contribution < 1.29 is 14.3 Å². The number of aromatic nitrogens is 2. The molecular weight excluding hydrogens is 416 g/mol. The minimum Gasteiger partial charge on any atom is -0.363 e. The summed E-state index contributed by atoms with van der Waals surface area (Å²) >= 11 is 0. The van der Waals surface area contributed by atoms with E-state index < -0.39 is 6.10 Å². The average molecular weight is 445 g/mol. The van der Waals surface area contributed by atoms with E-state index in [1.54, 1.807) is 18.1 Å². The molecule has 2 aromatic carbocycles. The van der Waals surface area contributed by atoms with Crippen LogP contribution in [0.3, 0.4) is 0 Å². The van der Waals surface area contributed by atoms with E-state index in [4.69, 9.17) is 4.74 Å². The van der Waals surface area contributed by atoms with Crippen molar-refractivity contribution in [2.24, 2.45) is 0 Å². The first kappa shape index (κ1) is 21.4. The number of carbonyl (C=O) groups is 2. The molecular formula is C26H28N4O3. The molecule has 0 bridgehead atoms. The van der Waals surface area contributed by atoms with Crippen LogP contribution in [0.1, 0.15) is 52.0 Å². The van der Waals surface area contributed by atoms with Gasteiger partial charge in [0.2, 0.25) is 0 Å². The van der Waals surface area contributed by atoms with Gasteiger partial charge in [0.15, 0.2) is 6.10 Å². The van der Waals surface area contributed by atoms with Gasteiger partial charge in [-0.1, -0.05) is 42.5 Å². The minimum absolute atomic E-state index is 0.000598. The van der Waals surface area contributed by atoms with E-state index in [1.165, 1.54) is 5.56 Å². The van der Waals surface area contributed by atoms with Gasteiger partial charge in [0.05, 0.1) is 24.1 Å². The highest BCUT2D eigenvalue weighted by Crippen LogP contribution is 2.33. The summed E-state index contributed by atoms with van der Waals surface area (Å²) in [5, 5.41) is 7.23. The quantitative estimate of drug-likeness (QED) is 0.666. The van der Waals surface area contributed by atoms with Crippen LogP contribution in [0.15, 0.2) is 60.8 Å². The summed E-state index contributed by atoms with van der Waals surface area (Å²) < 4.78 is 5.92. The highest BCUT2D eigenvalue weighted by molar-refractivity contribution is 6.06. The van der Waals surface area contributed by atoms with E-state index in [2.05, 4.69) is 16.3 Å². The van der Waals surface area contributed by atoms with Crippen LogP contribution >= 0.6 is 0 Å². The van der Waals surface area contributed by atoms with Gasteiger partial charge >= 0.3 is 0 Å². The Morgan fingerprint density at radius 1 is 1.12 bits per heavy atom. The Morgan fingerprint density at radius 2 is 1.91 bits per heavy atom. The molecule has 2 aliphatic heterocycles. The number of para-hydroxylation sites is 1. The zero-order chi connectivity index (χ0) is 22.8. The van der Waals surface area contributed by atoms with Crippen molar-refractivity contribution in [2.45, 2.75) is 31.3 Å². The number of nitrogens with one attached hydrogen (secondary N) is 1. The number of hydrogen-bond donors (Lipinski definition) is 1. The van der Waals surface area contributed by atoms with Crippen LogP contribution in [-0.2, 0) is 16.0 Å². The largest absolute Gasteiger partial charge is 0.363 e. The third-order valence-corrected chi connectivity index (χ3v) is 6.71. The monoisotopic (exact) mass is 444 g/mol. The predicted octanol–water partition coefficient (Wildman–Crippen LogP) is 3.71. The number of fused-ring (bicyclic) bond motifs is 1. The van der Waals surface area contributed by atoms with Crippen molar-refractivity contribution in [3.05, 3.63) is 83.2 Å². The van der Waals surface area contributed by atoms with E-state index in [-0.39, 0.29) is 17.7 Å². The molecule has 0 unspecified atom stereocenters. The maximum atomic E-state index is 13.4. The molecule has 0 aliphatic carbocycles. The van der Waals surface area contributed by atoms with Gasteiger partial charge in [0.25, 0.3) is 11.8 Å². The smallest absolute Gasteiger partial charge is 0.261 e. The summed E-state index contributed by atoms with van der Waals surface area (Å²) in [6, 6.07) is 17.6. The minimum atomic E-state index is -0.555. The Balaban J connectivity index is 1.34. The number of rotatable bonds is 4. The lowest BCUT2D eigenvalue weighted by Crippen LogP contribution is -2.43. The second kappa shape index (κ2) is 9.19. The first-order chi connectivity index (χ1) is 16.1. The molecule has 0 spiro atoms. The van der Waals surface area contributed by atoms with Crippen LogP contribution < -0.4 is 4.90 Å². The summed E-state index contributed by atoms with van der Waals surface area (Å²) in [5.41, 5.74) is 4.33. The lowest BCUT2D eigenvalue weighted by atomic mass is 9.91. The number of benzene rings is 2. The average Bonchev–Trinajstić information content (AvgIpc) is 3.38. The summed E-state index contributed by atoms with van der Waals surface area (Å²) in [4.78, 5) is 30.2. The topological polar surface area (TPSA) is 78.5 Å². The Morgan fingerprint density at radius 3 is 2.76 bits per heavy atom. The number of hydrogen-bond acceptors (Lipinski definition) is 4. The van der Waals surface area contributed by atoms with Crippen molar-refractivity contribution in [1.29, 1.82) is 0 Å².